The molecule has 4 nitrogen and oxygen atoms in total. The van der Waals surface area contributed by atoms with Gasteiger partial charge in [-0.3, -0.25) is 4.18 Å². The van der Waals surface area contributed by atoms with Gasteiger partial charge in [-0.1, -0.05) is 110 Å². The van der Waals surface area contributed by atoms with Gasteiger partial charge in [0.2, 0.25) is 10.4 Å². The molecule has 0 aromatic carbocycles. The standard InChI is InChI=1S/C20H42O4S/c1-3-5-7-9-11-12-13-15-17-19-20(24-25(21,22)23)18-16-14-10-8-6-4-2/h20H,3-19H2,1-2H3,(H,21,22,23)/p-1. The number of hydrogen-bond donors (Lipinski definition) is 0. The maximum atomic E-state index is 10.9. The molecule has 0 radical (unpaired) electrons. The van der Waals surface area contributed by atoms with Crippen LogP contribution < -0.4 is 0 Å². The van der Waals surface area contributed by atoms with Crippen molar-refractivity contribution in [3.05, 3.63) is 0 Å². The summed E-state index contributed by atoms with van der Waals surface area (Å²) in [6.07, 6.45) is 19.0. The summed E-state index contributed by atoms with van der Waals surface area (Å²) in [6.45, 7) is 4.42. The van der Waals surface area contributed by atoms with Crippen LogP contribution in [0.25, 0.3) is 0 Å². The van der Waals surface area contributed by atoms with Gasteiger partial charge in [-0.2, -0.15) is 0 Å². The minimum absolute atomic E-state index is 0.418. The zero-order chi connectivity index (χ0) is 18.8. The lowest BCUT2D eigenvalue weighted by Crippen LogP contribution is -2.18. The van der Waals surface area contributed by atoms with Crippen LogP contribution in [0.15, 0.2) is 0 Å². The largest absolute Gasteiger partial charge is 0.726 e. The summed E-state index contributed by atoms with van der Waals surface area (Å²) >= 11 is 0. The Kier molecular flexibility index (Phi) is 17.2. The molecule has 0 N–H and O–H groups in total. The molecule has 0 fully saturated rings. The highest BCUT2D eigenvalue weighted by Gasteiger charge is 2.12. The lowest BCUT2D eigenvalue weighted by atomic mass is 10.0. The Morgan fingerprint density at radius 3 is 1.28 bits per heavy atom. The van der Waals surface area contributed by atoms with E-state index in [1.165, 1.54) is 70.6 Å². The highest BCUT2D eigenvalue weighted by atomic mass is 32.3. The molecule has 0 bridgehead atoms. The van der Waals surface area contributed by atoms with Crippen molar-refractivity contribution in [2.75, 3.05) is 0 Å². The van der Waals surface area contributed by atoms with Gasteiger partial charge in [-0.05, 0) is 12.8 Å². The molecule has 0 aliphatic rings. The van der Waals surface area contributed by atoms with Gasteiger partial charge in [0.1, 0.15) is 0 Å². The van der Waals surface area contributed by atoms with Gasteiger partial charge in [0.15, 0.2) is 0 Å². The molecule has 0 aromatic heterocycles. The minimum Gasteiger partial charge on any atom is -0.726 e. The maximum Gasteiger partial charge on any atom is 0.217 e. The molecule has 0 saturated carbocycles. The van der Waals surface area contributed by atoms with E-state index in [9.17, 15) is 13.0 Å². The molecule has 0 saturated heterocycles. The van der Waals surface area contributed by atoms with E-state index < -0.39 is 16.5 Å². The Morgan fingerprint density at radius 2 is 0.960 bits per heavy atom. The van der Waals surface area contributed by atoms with Gasteiger partial charge in [0, 0.05) is 0 Å². The zero-order valence-corrected chi connectivity index (χ0v) is 17.5. The fraction of sp³-hybridized carbons (Fsp3) is 1.00. The quantitative estimate of drug-likeness (QED) is 0.146. The van der Waals surface area contributed by atoms with Crippen molar-refractivity contribution in [3.8, 4) is 0 Å². The van der Waals surface area contributed by atoms with E-state index in [1.807, 2.05) is 0 Å². The summed E-state index contributed by atoms with van der Waals surface area (Å²) in [7, 11) is -4.58. The SMILES string of the molecule is CCCCCCCCCCCC(CCCCCCCC)OS(=O)(=O)[O-]. The van der Waals surface area contributed by atoms with Gasteiger partial charge in [-0.25, -0.2) is 8.42 Å². The van der Waals surface area contributed by atoms with E-state index in [0.717, 1.165) is 25.7 Å². The Hall–Kier alpha value is -0.130. The molecule has 1 unspecified atom stereocenters. The fourth-order valence-electron chi connectivity index (χ4n) is 3.24. The molecule has 5 heteroatoms. The van der Waals surface area contributed by atoms with Crippen molar-refractivity contribution in [1.82, 2.24) is 0 Å². The van der Waals surface area contributed by atoms with E-state index in [1.54, 1.807) is 0 Å². The Morgan fingerprint density at radius 1 is 0.640 bits per heavy atom. The Labute approximate surface area is 157 Å². The van der Waals surface area contributed by atoms with Crippen LogP contribution in [0.4, 0.5) is 0 Å². The van der Waals surface area contributed by atoms with Crippen LogP contribution in [0, 0.1) is 0 Å². The predicted molar refractivity (Wildman–Crippen MR) is 104 cm³/mol. The van der Waals surface area contributed by atoms with Crippen LogP contribution in [0.5, 0.6) is 0 Å². The zero-order valence-electron chi connectivity index (χ0n) is 16.6. The topological polar surface area (TPSA) is 66.4 Å². The second-order valence-corrected chi connectivity index (χ2v) is 8.31. The first-order valence-electron chi connectivity index (χ1n) is 10.6. The van der Waals surface area contributed by atoms with Crippen molar-refractivity contribution in [1.29, 1.82) is 0 Å². The summed E-state index contributed by atoms with van der Waals surface area (Å²) in [6, 6.07) is 0. The van der Waals surface area contributed by atoms with Gasteiger partial charge < -0.3 is 4.55 Å². The summed E-state index contributed by atoms with van der Waals surface area (Å²) in [4.78, 5) is 0. The highest BCUT2D eigenvalue weighted by Crippen LogP contribution is 2.18. The molecular weight excluding hydrogens is 336 g/mol. The van der Waals surface area contributed by atoms with Gasteiger partial charge >= 0.3 is 0 Å². The molecule has 0 aliphatic carbocycles. The molecule has 0 aromatic rings. The van der Waals surface area contributed by atoms with Crippen LogP contribution in [-0.2, 0) is 14.6 Å². The molecule has 0 rings (SSSR count). The van der Waals surface area contributed by atoms with Crippen LogP contribution in [0.3, 0.4) is 0 Å². The lowest BCUT2D eigenvalue weighted by Gasteiger charge is -2.19. The molecule has 0 heterocycles. The monoisotopic (exact) mass is 377 g/mol. The highest BCUT2D eigenvalue weighted by molar-refractivity contribution is 7.80. The van der Waals surface area contributed by atoms with Crippen LogP contribution >= 0.6 is 0 Å². The van der Waals surface area contributed by atoms with E-state index in [0.29, 0.717) is 12.8 Å². The normalized spacial score (nSPS) is 13.2. The average Bonchev–Trinajstić information content (AvgIpc) is 2.55. The smallest absolute Gasteiger partial charge is 0.217 e. The molecule has 0 aliphatic heterocycles. The molecule has 0 spiro atoms. The van der Waals surface area contributed by atoms with Gasteiger partial charge in [0.05, 0.1) is 6.10 Å². The third-order valence-corrected chi connectivity index (χ3v) is 5.27. The molecular formula is C20H41O4S-. The summed E-state index contributed by atoms with van der Waals surface area (Å²) in [5, 5.41) is 0. The summed E-state index contributed by atoms with van der Waals surface area (Å²) < 4.78 is 37.4. The van der Waals surface area contributed by atoms with Crippen molar-refractivity contribution in [2.45, 2.75) is 129 Å². The van der Waals surface area contributed by atoms with E-state index in [-0.39, 0.29) is 0 Å². The van der Waals surface area contributed by atoms with Crippen molar-refractivity contribution in [3.63, 3.8) is 0 Å². The van der Waals surface area contributed by atoms with E-state index in [2.05, 4.69) is 13.8 Å². The molecule has 0 amide bonds. The first-order valence-corrected chi connectivity index (χ1v) is 12.0. The summed E-state index contributed by atoms with van der Waals surface area (Å²) in [5.41, 5.74) is 0. The minimum atomic E-state index is -4.58. The van der Waals surface area contributed by atoms with Gasteiger partial charge in [-0.15, -0.1) is 0 Å². The Bertz CT molecular complexity index is 368. The molecule has 25 heavy (non-hydrogen) atoms. The lowest BCUT2D eigenvalue weighted by molar-refractivity contribution is 0.154. The first kappa shape index (κ1) is 24.9. The van der Waals surface area contributed by atoms with E-state index in [4.69, 9.17) is 4.18 Å². The van der Waals surface area contributed by atoms with Crippen molar-refractivity contribution in [2.24, 2.45) is 0 Å². The predicted octanol–water partition coefficient (Wildman–Crippen LogP) is 6.50. The third kappa shape index (κ3) is 20.0. The number of hydrogen-bond acceptors (Lipinski definition) is 4. The maximum absolute atomic E-state index is 10.9. The molecule has 1 atom stereocenters. The van der Waals surface area contributed by atoms with Crippen LogP contribution in [0.1, 0.15) is 123 Å². The van der Waals surface area contributed by atoms with Crippen LogP contribution in [0.2, 0.25) is 0 Å². The molecule has 152 valence electrons. The van der Waals surface area contributed by atoms with Gasteiger partial charge in [0.25, 0.3) is 0 Å². The third-order valence-electron chi connectivity index (χ3n) is 4.76. The fourth-order valence-corrected chi connectivity index (χ4v) is 3.77. The average molecular weight is 378 g/mol. The number of rotatable bonds is 19. The second-order valence-electron chi connectivity index (χ2n) is 7.30. The van der Waals surface area contributed by atoms with E-state index >= 15 is 0 Å². The van der Waals surface area contributed by atoms with Crippen molar-refractivity contribution >= 4 is 10.4 Å². The van der Waals surface area contributed by atoms with Crippen LogP contribution in [-0.4, -0.2) is 19.1 Å². The number of unbranched alkanes of at least 4 members (excludes halogenated alkanes) is 13. The second kappa shape index (κ2) is 17.3. The summed E-state index contributed by atoms with van der Waals surface area (Å²) in [5.74, 6) is 0. The van der Waals surface area contributed by atoms with Crippen molar-refractivity contribution < 1.29 is 17.2 Å². The first-order chi connectivity index (χ1) is 12.0. The Balaban J connectivity index is 3.77.